The SMILES string of the molecule is Fc1ccccc1CNCC1CC2C=CC1C2. The van der Waals surface area contributed by atoms with E-state index in [1.807, 2.05) is 12.1 Å². The fourth-order valence-corrected chi connectivity index (χ4v) is 3.16. The van der Waals surface area contributed by atoms with Gasteiger partial charge in [-0.1, -0.05) is 30.4 Å². The molecular weight excluding hydrogens is 213 g/mol. The fourth-order valence-electron chi connectivity index (χ4n) is 3.16. The van der Waals surface area contributed by atoms with Crippen molar-refractivity contribution in [3.8, 4) is 0 Å². The van der Waals surface area contributed by atoms with Crippen LogP contribution in [-0.2, 0) is 6.54 Å². The zero-order valence-corrected chi connectivity index (χ0v) is 9.90. The summed E-state index contributed by atoms with van der Waals surface area (Å²) >= 11 is 0. The molecule has 1 saturated carbocycles. The quantitative estimate of drug-likeness (QED) is 0.785. The minimum Gasteiger partial charge on any atom is -0.312 e. The fraction of sp³-hybridized carbons (Fsp3) is 0.467. The first-order valence-corrected chi connectivity index (χ1v) is 6.45. The molecule has 3 unspecified atom stereocenters. The molecule has 1 fully saturated rings. The van der Waals surface area contributed by atoms with Crippen LogP contribution in [0.3, 0.4) is 0 Å². The highest BCUT2D eigenvalue weighted by Gasteiger charge is 2.34. The van der Waals surface area contributed by atoms with Crippen molar-refractivity contribution in [2.24, 2.45) is 17.8 Å². The summed E-state index contributed by atoms with van der Waals surface area (Å²) < 4.78 is 13.4. The molecule has 2 aliphatic carbocycles. The van der Waals surface area contributed by atoms with E-state index in [9.17, 15) is 4.39 Å². The summed E-state index contributed by atoms with van der Waals surface area (Å²) in [6.45, 7) is 1.66. The second kappa shape index (κ2) is 4.61. The van der Waals surface area contributed by atoms with Crippen LogP contribution in [0.15, 0.2) is 36.4 Å². The Morgan fingerprint density at radius 1 is 1.18 bits per heavy atom. The Morgan fingerprint density at radius 3 is 2.76 bits per heavy atom. The van der Waals surface area contributed by atoms with E-state index in [1.54, 1.807) is 6.07 Å². The number of hydrogen-bond donors (Lipinski definition) is 1. The van der Waals surface area contributed by atoms with E-state index < -0.39 is 0 Å². The molecule has 1 aromatic rings. The van der Waals surface area contributed by atoms with Crippen molar-refractivity contribution in [3.05, 3.63) is 47.8 Å². The average Bonchev–Trinajstić information content (AvgIpc) is 2.94. The van der Waals surface area contributed by atoms with Crippen molar-refractivity contribution in [1.29, 1.82) is 0 Å². The third-order valence-corrected chi connectivity index (χ3v) is 4.10. The van der Waals surface area contributed by atoms with Gasteiger partial charge in [0.2, 0.25) is 0 Å². The predicted octanol–water partition coefficient (Wildman–Crippen LogP) is 3.13. The van der Waals surface area contributed by atoms with Gasteiger partial charge in [0.25, 0.3) is 0 Å². The van der Waals surface area contributed by atoms with Gasteiger partial charge in [-0.15, -0.1) is 0 Å². The third kappa shape index (κ3) is 2.27. The van der Waals surface area contributed by atoms with Crippen LogP contribution in [0.25, 0.3) is 0 Å². The Bertz CT molecular complexity index is 427. The molecule has 1 N–H and O–H groups in total. The van der Waals surface area contributed by atoms with Gasteiger partial charge in [0.1, 0.15) is 5.82 Å². The van der Waals surface area contributed by atoms with E-state index in [-0.39, 0.29) is 5.82 Å². The summed E-state index contributed by atoms with van der Waals surface area (Å²) in [6, 6.07) is 7.00. The number of nitrogens with one attached hydrogen (secondary N) is 1. The van der Waals surface area contributed by atoms with Crippen molar-refractivity contribution in [3.63, 3.8) is 0 Å². The van der Waals surface area contributed by atoms with Crippen LogP contribution in [0, 0.1) is 23.6 Å². The zero-order chi connectivity index (χ0) is 11.7. The van der Waals surface area contributed by atoms with Gasteiger partial charge in [-0.3, -0.25) is 0 Å². The number of allylic oxidation sites excluding steroid dienone is 2. The number of rotatable bonds is 4. The van der Waals surface area contributed by atoms with Gasteiger partial charge in [0.15, 0.2) is 0 Å². The predicted molar refractivity (Wildman–Crippen MR) is 67.0 cm³/mol. The highest BCUT2D eigenvalue weighted by atomic mass is 19.1. The number of halogens is 1. The molecule has 1 aromatic carbocycles. The zero-order valence-electron chi connectivity index (χ0n) is 9.90. The Balaban J connectivity index is 1.50. The van der Waals surface area contributed by atoms with Gasteiger partial charge in [0.05, 0.1) is 0 Å². The molecule has 3 atom stereocenters. The average molecular weight is 231 g/mol. The van der Waals surface area contributed by atoms with E-state index in [1.165, 1.54) is 18.9 Å². The van der Waals surface area contributed by atoms with Crippen molar-refractivity contribution in [1.82, 2.24) is 5.32 Å². The van der Waals surface area contributed by atoms with Gasteiger partial charge in [-0.25, -0.2) is 4.39 Å². The molecule has 0 aromatic heterocycles. The molecule has 90 valence electrons. The Morgan fingerprint density at radius 2 is 2.06 bits per heavy atom. The van der Waals surface area contributed by atoms with E-state index >= 15 is 0 Å². The topological polar surface area (TPSA) is 12.0 Å². The summed E-state index contributed by atoms with van der Waals surface area (Å²) in [6.07, 6.45) is 7.37. The summed E-state index contributed by atoms with van der Waals surface area (Å²) in [5.41, 5.74) is 0.770. The van der Waals surface area contributed by atoms with Crippen LogP contribution >= 0.6 is 0 Å². The first kappa shape index (κ1) is 11.0. The number of fused-ring (bicyclic) bond motifs is 2. The van der Waals surface area contributed by atoms with Crippen LogP contribution in [0.4, 0.5) is 4.39 Å². The monoisotopic (exact) mass is 231 g/mol. The summed E-state index contributed by atoms with van der Waals surface area (Å²) in [7, 11) is 0. The molecule has 0 saturated heterocycles. The van der Waals surface area contributed by atoms with Crippen LogP contribution in [-0.4, -0.2) is 6.54 Å². The van der Waals surface area contributed by atoms with Crippen molar-refractivity contribution >= 4 is 0 Å². The largest absolute Gasteiger partial charge is 0.312 e. The Kier molecular flexibility index (Phi) is 2.98. The van der Waals surface area contributed by atoms with Crippen LogP contribution in [0.1, 0.15) is 18.4 Å². The molecule has 1 nitrogen and oxygen atoms in total. The van der Waals surface area contributed by atoms with Crippen molar-refractivity contribution in [2.75, 3.05) is 6.54 Å². The summed E-state index contributed by atoms with van der Waals surface area (Å²) in [4.78, 5) is 0. The second-order valence-electron chi connectivity index (χ2n) is 5.26. The molecular formula is C15H18FN. The van der Waals surface area contributed by atoms with Crippen LogP contribution < -0.4 is 5.32 Å². The Hall–Kier alpha value is -1.15. The number of hydrogen-bond acceptors (Lipinski definition) is 1. The Labute approximate surface area is 102 Å². The summed E-state index contributed by atoms with van der Waals surface area (Å²) in [5.74, 6) is 2.25. The van der Waals surface area contributed by atoms with E-state index in [4.69, 9.17) is 0 Å². The molecule has 2 aliphatic rings. The smallest absolute Gasteiger partial charge is 0.127 e. The van der Waals surface area contributed by atoms with Crippen LogP contribution in [0.2, 0.25) is 0 Å². The van der Waals surface area contributed by atoms with Crippen molar-refractivity contribution < 1.29 is 4.39 Å². The second-order valence-corrected chi connectivity index (χ2v) is 5.26. The van der Waals surface area contributed by atoms with Gasteiger partial charge < -0.3 is 5.32 Å². The maximum Gasteiger partial charge on any atom is 0.127 e. The van der Waals surface area contributed by atoms with E-state index in [2.05, 4.69) is 17.5 Å². The molecule has 2 heteroatoms. The molecule has 0 radical (unpaired) electrons. The summed E-state index contributed by atoms with van der Waals surface area (Å²) in [5, 5.41) is 3.40. The lowest BCUT2D eigenvalue weighted by molar-refractivity contribution is 0.412. The lowest BCUT2D eigenvalue weighted by Gasteiger charge is -2.18. The minimum atomic E-state index is -0.104. The normalized spacial score (nSPS) is 30.1. The molecule has 0 amide bonds. The van der Waals surface area contributed by atoms with E-state index in [0.29, 0.717) is 6.54 Å². The maximum atomic E-state index is 13.4. The minimum absolute atomic E-state index is 0.104. The van der Waals surface area contributed by atoms with Crippen molar-refractivity contribution in [2.45, 2.75) is 19.4 Å². The van der Waals surface area contributed by atoms with E-state index in [0.717, 1.165) is 29.9 Å². The first-order valence-electron chi connectivity index (χ1n) is 6.45. The molecule has 3 rings (SSSR count). The van der Waals surface area contributed by atoms with Gasteiger partial charge in [-0.2, -0.15) is 0 Å². The molecule has 2 bridgehead atoms. The standard InChI is InChI=1S/C15H18FN/c16-15-4-2-1-3-13(15)9-17-10-14-8-11-5-6-12(14)7-11/h1-6,11-12,14,17H,7-10H2. The highest BCUT2D eigenvalue weighted by molar-refractivity contribution is 5.17. The molecule has 0 heterocycles. The number of benzene rings is 1. The third-order valence-electron chi connectivity index (χ3n) is 4.10. The lowest BCUT2D eigenvalue weighted by Crippen LogP contribution is -2.25. The lowest BCUT2D eigenvalue weighted by atomic mass is 9.93. The maximum absolute atomic E-state index is 13.4. The molecule has 17 heavy (non-hydrogen) atoms. The molecule has 0 aliphatic heterocycles. The van der Waals surface area contributed by atoms with Gasteiger partial charge >= 0.3 is 0 Å². The van der Waals surface area contributed by atoms with Crippen LogP contribution in [0.5, 0.6) is 0 Å². The van der Waals surface area contributed by atoms with Gasteiger partial charge in [-0.05, 0) is 43.2 Å². The first-order chi connectivity index (χ1) is 8.33. The van der Waals surface area contributed by atoms with Gasteiger partial charge in [0, 0.05) is 12.1 Å². The highest BCUT2D eigenvalue weighted by Crippen LogP contribution is 2.42. The molecule has 0 spiro atoms.